The molecule has 3 fully saturated rings. The summed E-state index contributed by atoms with van der Waals surface area (Å²) in [5, 5.41) is 0. The highest BCUT2D eigenvalue weighted by molar-refractivity contribution is 5.82. The fourth-order valence-corrected chi connectivity index (χ4v) is 7.22. The van der Waals surface area contributed by atoms with Gasteiger partial charge in [0.15, 0.2) is 0 Å². The molecule has 0 radical (unpaired) electrons. The average Bonchev–Trinajstić information content (AvgIpc) is 3.55. The molecule has 10 heteroatoms. The van der Waals surface area contributed by atoms with E-state index in [4.69, 9.17) is 9.47 Å². The van der Waals surface area contributed by atoms with Gasteiger partial charge < -0.3 is 14.4 Å². The van der Waals surface area contributed by atoms with Crippen molar-refractivity contribution in [1.29, 1.82) is 0 Å². The Bertz CT molecular complexity index is 1200. The van der Waals surface area contributed by atoms with Crippen LogP contribution in [-0.4, -0.2) is 65.9 Å². The summed E-state index contributed by atoms with van der Waals surface area (Å²) in [4.78, 5) is 28.4. The fraction of sp³-hybridized carbons (Fsp3) is 0.548. The molecule has 1 heterocycles. The highest BCUT2D eigenvalue weighted by Crippen LogP contribution is 2.46. The first-order valence-electron chi connectivity index (χ1n) is 14.3. The van der Waals surface area contributed by atoms with E-state index >= 15 is 0 Å². The maximum atomic E-state index is 14.0. The lowest BCUT2D eigenvalue weighted by Crippen LogP contribution is -2.55. The van der Waals surface area contributed by atoms with Crippen molar-refractivity contribution in [2.75, 3.05) is 13.7 Å². The molecule has 4 atom stereocenters. The molecule has 1 aliphatic heterocycles. The van der Waals surface area contributed by atoms with Crippen molar-refractivity contribution in [2.45, 2.75) is 87.8 Å². The monoisotopic (exact) mass is 576 g/mol. The Kier molecular flexibility index (Phi) is 8.87. The van der Waals surface area contributed by atoms with Gasteiger partial charge in [-0.25, -0.2) is 9.18 Å². The summed E-state index contributed by atoms with van der Waals surface area (Å²) in [6, 6.07) is 13.2. The van der Waals surface area contributed by atoms with Crippen molar-refractivity contribution in [3.05, 3.63) is 71.5 Å². The Labute approximate surface area is 237 Å². The summed E-state index contributed by atoms with van der Waals surface area (Å²) in [5.41, 5.74) is 1.53. The molecule has 2 saturated carbocycles. The minimum absolute atomic E-state index is 0.00150. The lowest BCUT2D eigenvalue weighted by Gasteiger charge is -2.38. The molecule has 3 aliphatic rings. The van der Waals surface area contributed by atoms with Gasteiger partial charge in [0.2, 0.25) is 0 Å². The Morgan fingerprint density at radius 2 is 1.71 bits per heavy atom. The summed E-state index contributed by atoms with van der Waals surface area (Å²) in [7, 11) is 1.26. The van der Waals surface area contributed by atoms with Crippen molar-refractivity contribution >= 4 is 12.0 Å². The number of ether oxygens (including phenoxy) is 2. The van der Waals surface area contributed by atoms with Crippen LogP contribution in [0.25, 0.3) is 0 Å². The normalized spacial score (nSPS) is 27.9. The first-order chi connectivity index (χ1) is 19.7. The standard InChI is InChI=1S/C31H36F4N2O4/c1-40-30(39)37-26-12-6-11-25(26)28(36(29(38)31(33,34)35)18-20-7-3-2-4-8-20)27(37)19-41-24-15-13-21(14-16-24)22-9-5-10-23(32)17-22/h2-5,7-10,17,21,24-28H,6,11-16,18-19H2,1H3/t21?,24?,25-,26+,27-,28-/m0/s1. The minimum Gasteiger partial charge on any atom is -0.453 e. The number of hydrogen-bond donors (Lipinski definition) is 0. The number of fused-ring (bicyclic) bond motifs is 1. The van der Waals surface area contributed by atoms with Crippen LogP contribution < -0.4 is 0 Å². The molecule has 0 N–H and O–H groups in total. The van der Waals surface area contributed by atoms with E-state index < -0.39 is 30.3 Å². The van der Waals surface area contributed by atoms with Gasteiger partial charge in [-0.15, -0.1) is 0 Å². The van der Waals surface area contributed by atoms with Gasteiger partial charge in [0.25, 0.3) is 0 Å². The SMILES string of the molecule is COC(=O)N1[C@@H]2CCC[C@@H]2[C@H](N(Cc2ccccc2)C(=O)C(F)(F)F)[C@@H]1COC1CCC(c2cccc(F)c2)CC1. The minimum atomic E-state index is -5.07. The van der Waals surface area contributed by atoms with E-state index in [1.54, 1.807) is 42.5 Å². The zero-order chi connectivity index (χ0) is 29.1. The summed E-state index contributed by atoms with van der Waals surface area (Å²) in [6.45, 7) is -0.226. The van der Waals surface area contributed by atoms with Gasteiger partial charge in [0.05, 0.1) is 31.9 Å². The smallest absolute Gasteiger partial charge is 0.453 e. The maximum Gasteiger partial charge on any atom is 0.471 e. The van der Waals surface area contributed by atoms with Crippen molar-refractivity contribution in [3.8, 4) is 0 Å². The van der Waals surface area contributed by atoms with Crippen LogP contribution in [0.15, 0.2) is 54.6 Å². The van der Waals surface area contributed by atoms with E-state index in [0.717, 1.165) is 29.7 Å². The third-order valence-corrected chi connectivity index (χ3v) is 9.02. The Morgan fingerprint density at radius 1 is 0.976 bits per heavy atom. The quantitative estimate of drug-likeness (QED) is 0.356. The number of carbonyl (C=O) groups excluding carboxylic acids is 2. The Hall–Kier alpha value is -3.14. The number of carbonyl (C=O) groups is 2. The van der Waals surface area contributed by atoms with Crippen molar-refractivity contribution < 1.29 is 36.6 Å². The molecule has 2 aromatic rings. The maximum absolute atomic E-state index is 14.0. The zero-order valence-corrected chi connectivity index (χ0v) is 23.1. The van der Waals surface area contributed by atoms with Crippen molar-refractivity contribution in [3.63, 3.8) is 0 Å². The lowest BCUT2D eigenvalue weighted by atomic mass is 9.82. The molecular formula is C31H36F4N2O4. The van der Waals surface area contributed by atoms with Crippen LogP contribution in [0.3, 0.4) is 0 Å². The van der Waals surface area contributed by atoms with Crippen LogP contribution >= 0.6 is 0 Å². The number of likely N-dealkylation sites (tertiary alicyclic amines) is 1. The summed E-state index contributed by atoms with van der Waals surface area (Å²) in [5.74, 6) is -2.29. The van der Waals surface area contributed by atoms with Crippen LogP contribution in [0.2, 0.25) is 0 Å². The number of methoxy groups -OCH3 is 1. The molecule has 0 unspecified atom stereocenters. The Balaban J connectivity index is 1.37. The second-order valence-corrected chi connectivity index (χ2v) is 11.4. The predicted octanol–water partition coefficient (Wildman–Crippen LogP) is 6.45. The van der Waals surface area contributed by atoms with Gasteiger partial charge in [-0.1, -0.05) is 48.9 Å². The number of rotatable bonds is 7. The first kappa shape index (κ1) is 29.4. The van der Waals surface area contributed by atoms with Crippen LogP contribution in [0.1, 0.15) is 62.0 Å². The average molecular weight is 577 g/mol. The fourth-order valence-electron chi connectivity index (χ4n) is 7.22. The lowest BCUT2D eigenvalue weighted by molar-refractivity contribution is -0.190. The molecule has 41 heavy (non-hydrogen) atoms. The van der Waals surface area contributed by atoms with Crippen LogP contribution in [-0.2, 0) is 20.8 Å². The van der Waals surface area contributed by atoms with E-state index in [1.807, 2.05) is 6.07 Å². The van der Waals surface area contributed by atoms with Crippen molar-refractivity contribution in [1.82, 2.24) is 9.80 Å². The molecule has 2 amide bonds. The number of alkyl halides is 3. The van der Waals surface area contributed by atoms with E-state index in [9.17, 15) is 27.2 Å². The highest BCUT2D eigenvalue weighted by Gasteiger charge is 2.58. The number of benzene rings is 2. The second kappa shape index (κ2) is 12.4. The van der Waals surface area contributed by atoms with Crippen LogP contribution in [0.5, 0.6) is 0 Å². The third-order valence-electron chi connectivity index (χ3n) is 9.02. The van der Waals surface area contributed by atoms with E-state index in [0.29, 0.717) is 31.2 Å². The molecule has 0 spiro atoms. The molecule has 2 aliphatic carbocycles. The molecule has 0 bridgehead atoms. The third kappa shape index (κ3) is 6.37. The van der Waals surface area contributed by atoms with Gasteiger partial charge in [0, 0.05) is 18.5 Å². The number of hydrogen-bond acceptors (Lipinski definition) is 4. The molecule has 0 aromatic heterocycles. The molecular weight excluding hydrogens is 540 g/mol. The van der Waals surface area contributed by atoms with E-state index in [1.165, 1.54) is 18.1 Å². The summed E-state index contributed by atoms with van der Waals surface area (Å²) < 4.78 is 67.1. The molecule has 1 saturated heterocycles. The van der Waals surface area contributed by atoms with E-state index in [2.05, 4.69) is 0 Å². The van der Waals surface area contributed by atoms with Crippen LogP contribution in [0.4, 0.5) is 22.4 Å². The highest BCUT2D eigenvalue weighted by atomic mass is 19.4. The number of amides is 2. The Morgan fingerprint density at radius 3 is 2.37 bits per heavy atom. The van der Waals surface area contributed by atoms with Crippen molar-refractivity contribution in [2.24, 2.45) is 5.92 Å². The van der Waals surface area contributed by atoms with Gasteiger partial charge in [-0.05, 0) is 67.7 Å². The molecule has 2 aromatic carbocycles. The topological polar surface area (TPSA) is 59.1 Å². The van der Waals surface area contributed by atoms with Crippen LogP contribution in [0, 0.1) is 11.7 Å². The molecule has 6 nitrogen and oxygen atoms in total. The number of nitrogens with zero attached hydrogens (tertiary/aromatic N) is 2. The zero-order valence-electron chi connectivity index (χ0n) is 23.1. The molecule has 222 valence electrons. The van der Waals surface area contributed by atoms with Gasteiger partial charge in [-0.2, -0.15) is 13.2 Å². The first-order valence-corrected chi connectivity index (χ1v) is 14.3. The summed E-state index contributed by atoms with van der Waals surface area (Å²) >= 11 is 0. The van der Waals surface area contributed by atoms with E-state index in [-0.39, 0.29) is 43.0 Å². The predicted molar refractivity (Wildman–Crippen MR) is 143 cm³/mol. The van der Waals surface area contributed by atoms with Gasteiger partial charge in [0.1, 0.15) is 5.82 Å². The van der Waals surface area contributed by atoms with Gasteiger partial charge in [-0.3, -0.25) is 9.69 Å². The van der Waals surface area contributed by atoms with Gasteiger partial charge >= 0.3 is 18.2 Å². The second-order valence-electron chi connectivity index (χ2n) is 11.4. The summed E-state index contributed by atoms with van der Waals surface area (Å²) in [6.07, 6.45) is -0.856. The number of halogens is 4. The molecule has 5 rings (SSSR count). The largest absolute Gasteiger partial charge is 0.471 e.